The quantitative estimate of drug-likeness (QED) is 0.898. The van der Waals surface area contributed by atoms with E-state index in [0.29, 0.717) is 6.10 Å². The van der Waals surface area contributed by atoms with Crippen LogP contribution in [0.1, 0.15) is 6.42 Å². The van der Waals surface area contributed by atoms with Crippen LogP contribution in [-0.4, -0.2) is 19.2 Å². The highest BCUT2D eigenvalue weighted by Gasteiger charge is 2.16. The van der Waals surface area contributed by atoms with Gasteiger partial charge in [-0.15, -0.1) is 12.4 Å². The molecule has 1 fully saturated rings. The highest BCUT2D eigenvalue weighted by molar-refractivity contribution is 9.10. The fourth-order valence-corrected chi connectivity index (χ4v) is 1.83. The molecule has 78 valence electrons. The Morgan fingerprint density at radius 3 is 2.79 bits per heavy atom. The molecule has 0 spiro atoms. The van der Waals surface area contributed by atoms with E-state index >= 15 is 0 Å². The zero-order valence-electron chi connectivity index (χ0n) is 7.70. The average Bonchev–Trinajstić information content (AvgIpc) is 2.61. The van der Waals surface area contributed by atoms with Crippen LogP contribution in [0, 0.1) is 0 Å². The van der Waals surface area contributed by atoms with E-state index in [1.807, 2.05) is 24.3 Å². The van der Waals surface area contributed by atoms with Gasteiger partial charge in [-0.05, 0) is 41.0 Å². The van der Waals surface area contributed by atoms with Crippen LogP contribution in [0.4, 0.5) is 0 Å². The first-order valence-corrected chi connectivity index (χ1v) is 5.27. The molecule has 0 amide bonds. The molecule has 1 atom stereocenters. The summed E-state index contributed by atoms with van der Waals surface area (Å²) in [7, 11) is 0. The van der Waals surface area contributed by atoms with E-state index in [1.165, 1.54) is 0 Å². The zero-order valence-corrected chi connectivity index (χ0v) is 10.1. The number of halogens is 2. The van der Waals surface area contributed by atoms with Gasteiger partial charge in [0, 0.05) is 6.54 Å². The molecule has 0 saturated carbocycles. The first-order valence-electron chi connectivity index (χ1n) is 4.48. The fourth-order valence-electron chi connectivity index (χ4n) is 1.45. The molecular weight excluding hydrogens is 265 g/mol. The number of hydrogen-bond acceptors (Lipinski definition) is 2. The number of para-hydroxylation sites is 1. The van der Waals surface area contributed by atoms with E-state index in [9.17, 15) is 0 Å². The van der Waals surface area contributed by atoms with Gasteiger partial charge < -0.3 is 10.1 Å². The van der Waals surface area contributed by atoms with Crippen LogP contribution in [-0.2, 0) is 0 Å². The predicted octanol–water partition coefficient (Wildman–Crippen LogP) is 2.61. The number of benzene rings is 1. The largest absolute Gasteiger partial charge is 0.488 e. The molecule has 14 heavy (non-hydrogen) atoms. The minimum Gasteiger partial charge on any atom is -0.488 e. The molecular formula is C10H13BrClNO. The lowest BCUT2D eigenvalue weighted by molar-refractivity contribution is 0.221. The average molecular weight is 279 g/mol. The van der Waals surface area contributed by atoms with Gasteiger partial charge in [-0.3, -0.25) is 0 Å². The van der Waals surface area contributed by atoms with Crippen molar-refractivity contribution in [3.8, 4) is 5.75 Å². The second-order valence-corrected chi connectivity index (χ2v) is 4.02. The predicted molar refractivity (Wildman–Crippen MR) is 63.3 cm³/mol. The summed E-state index contributed by atoms with van der Waals surface area (Å²) >= 11 is 3.46. The molecule has 4 heteroatoms. The number of rotatable bonds is 2. The minimum atomic E-state index is 0. The maximum absolute atomic E-state index is 5.80. The Bertz CT molecular complexity index is 289. The lowest BCUT2D eigenvalue weighted by Gasteiger charge is -2.13. The highest BCUT2D eigenvalue weighted by Crippen LogP contribution is 2.25. The van der Waals surface area contributed by atoms with Crippen molar-refractivity contribution in [2.45, 2.75) is 12.5 Å². The third-order valence-electron chi connectivity index (χ3n) is 2.15. The molecule has 0 aromatic heterocycles. The summed E-state index contributed by atoms with van der Waals surface area (Å²) in [4.78, 5) is 0. The van der Waals surface area contributed by atoms with E-state index in [4.69, 9.17) is 4.74 Å². The maximum atomic E-state index is 5.80. The lowest BCUT2D eigenvalue weighted by Crippen LogP contribution is -2.19. The van der Waals surface area contributed by atoms with Crippen LogP contribution in [0.3, 0.4) is 0 Å². The van der Waals surface area contributed by atoms with Gasteiger partial charge in [0.2, 0.25) is 0 Å². The Morgan fingerprint density at radius 2 is 2.14 bits per heavy atom. The van der Waals surface area contributed by atoms with E-state index in [2.05, 4.69) is 21.2 Å². The second-order valence-electron chi connectivity index (χ2n) is 3.16. The van der Waals surface area contributed by atoms with Gasteiger partial charge in [0.05, 0.1) is 4.47 Å². The normalized spacial score (nSPS) is 20.2. The van der Waals surface area contributed by atoms with Crippen molar-refractivity contribution < 1.29 is 4.74 Å². The Labute approximate surface area is 98.6 Å². The maximum Gasteiger partial charge on any atom is 0.133 e. The molecule has 2 nitrogen and oxygen atoms in total. The van der Waals surface area contributed by atoms with Gasteiger partial charge in [-0.1, -0.05) is 12.1 Å². The van der Waals surface area contributed by atoms with Crippen molar-refractivity contribution >= 4 is 28.3 Å². The summed E-state index contributed by atoms with van der Waals surface area (Å²) in [6, 6.07) is 7.96. The monoisotopic (exact) mass is 277 g/mol. The van der Waals surface area contributed by atoms with Crippen molar-refractivity contribution in [1.82, 2.24) is 5.32 Å². The first-order chi connectivity index (χ1) is 6.36. The third kappa shape index (κ3) is 2.87. The van der Waals surface area contributed by atoms with Gasteiger partial charge in [0.15, 0.2) is 0 Å². The molecule has 1 aromatic rings. The highest BCUT2D eigenvalue weighted by atomic mass is 79.9. The van der Waals surface area contributed by atoms with Crippen LogP contribution >= 0.6 is 28.3 Å². The van der Waals surface area contributed by atoms with Crippen LogP contribution in [0.5, 0.6) is 5.75 Å². The Balaban J connectivity index is 0.000000980. The van der Waals surface area contributed by atoms with Gasteiger partial charge in [-0.2, -0.15) is 0 Å². The molecule has 1 aliphatic rings. The third-order valence-corrected chi connectivity index (χ3v) is 2.80. The summed E-state index contributed by atoms with van der Waals surface area (Å²) in [5, 5.41) is 3.27. The van der Waals surface area contributed by atoms with Crippen LogP contribution in [0.2, 0.25) is 0 Å². The Hall–Kier alpha value is -0.250. The van der Waals surface area contributed by atoms with Crippen LogP contribution < -0.4 is 10.1 Å². The number of hydrogen-bond donors (Lipinski definition) is 1. The summed E-state index contributed by atoms with van der Waals surface area (Å²) in [6.45, 7) is 2.02. The van der Waals surface area contributed by atoms with Crippen molar-refractivity contribution in [2.24, 2.45) is 0 Å². The standard InChI is InChI=1S/C10H12BrNO.ClH/c11-9-3-1-2-4-10(9)13-8-5-6-12-7-8;/h1-4,8,12H,5-7H2;1H. The molecule has 0 aliphatic carbocycles. The molecule has 1 saturated heterocycles. The van der Waals surface area contributed by atoms with Gasteiger partial charge in [0.25, 0.3) is 0 Å². The fraction of sp³-hybridized carbons (Fsp3) is 0.400. The zero-order chi connectivity index (χ0) is 9.10. The molecule has 1 heterocycles. The van der Waals surface area contributed by atoms with Gasteiger partial charge in [0.1, 0.15) is 11.9 Å². The SMILES string of the molecule is Brc1ccccc1OC1CCNC1.Cl. The van der Waals surface area contributed by atoms with E-state index in [-0.39, 0.29) is 12.4 Å². The minimum absolute atomic E-state index is 0. The second kappa shape index (κ2) is 5.59. The molecule has 0 bridgehead atoms. The van der Waals surface area contributed by atoms with Crippen LogP contribution in [0.25, 0.3) is 0 Å². The van der Waals surface area contributed by atoms with Crippen molar-refractivity contribution in [3.05, 3.63) is 28.7 Å². The molecule has 0 radical (unpaired) electrons. The molecule has 2 rings (SSSR count). The Morgan fingerprint density at radius 1 is 1.36 bits per heavy atom. The molecule has 1 unspecified atom stereocenters. The van der Waals surface area contributed by atoms with Crippen molar-refractivity contribution in [1.29, 1.82) is 0 Å². The summed E-state index contributed by atoms with van der Waals surface area (Å²) in [6.07, 6.45) is 1.43. The van der Waals surface area contributed by atoms with Crippen LogP contribution in [0.15, 0.2) is 28.7 Å². The van der Waals surface area contributed by atoms with Gasteiger partial charge in [-0.25, -0.2) is 0 Å². The molecule has 1 aromatic carbocycles. The van der Waals surface area contributed by atoms with E-state index < -0.39 is 0 Å². The Kier molecular flexibility index (Phi) is 4.72. The molecule has 1 aliphatic heterocycles. The van der Waals surface area contributed by atoms with Gasteiger partial charge >= 0.3 is 0 Å². The molecule has 1 N–H and O–H groups in total. The van der Waals surface area contributed by atoms with Crippen molar-refractivity contribution in [3.63, 3.8) is 0 Å². The number of nitrogens with one attached hydrogen (secondary N) is 1. The summed E-state index contributed by atoms with van der Waals surface area (Å²) in [5.74, 6) is 0.941. The number of ether oxygens (including phenoxy) is 1. The topological polar surface area (TPSA) is 21.3 Å². The first kappa shape index (κ1) is 11.8. The van der Waals surface area contributed by atoms with E-state index in [1.54, 1.807) is 0 Å². The van der Waals surface area contributed by atoms with Crippen molar-refractivity contribution in [2.75, 3.05) is 13.1 Å². The lowest BCUT2D eigenvalue weighted by atomic mass is 10.3. The smallest absolute Gasteiger partial charge is 0.133 e. The summed E-state index contributed by atoms with van der Waals surface area (Å²) < 4.78 is 6.83. The van der Waals surface area contributed by atoms with E-state index in [0.717, 1.165) is 29.7 Å². The summed E-state index contributed by atoms with van der Waals surface area (Å²) in [5.41, 5.74) is 0.